The number of likely N-dealkylation sites (tertiary alicyclic amines) is 1. The number of nitrogens with zero attached hydrogens (tertiary/aromatic N) is 2. The molecule has 0 bridgehead atoms. The summed E-state index contributed by atoms with van der Waals surface area (Å²) in [5.41, 5.74) is 0. The number of ether oxygens (including phenoxy) is 1. The SMILES string of the molecule is O=C(C1CC=CCC1)N1CC(COc2cccnc2)C1. The summed E-state index contributed by atoms with van der Waals surface area (Å²) >= 11 is 0. The molecule has 4 heteroatoms. The molecule has 1 aromatic heterocycles. The van der Waals surface area contributed by atoms with Gasteiger partial charge in [0.25, 0.3) is 0 Å². The summed E-state index contributed by atoms with van der Waals surface area (Å²) < 4.78 is 5.67. The normalized spacial score (nSPS) is 22.4. The molecular formula is C16H20N2O2. The van der Waals surface area contributed by atoms with Crippen LogP contribution < -0.4 is 4.74 Å². The molecule has 3 rings (SSSR count). The predicted molar refractivity (Wildman–Crippen MR) is 76.3 cm³/mol. The fourth-order valence-electron chi connectivity index (χ4n) is 2.78. The van der Waals surface area contributed by atoms with Gasteiger partial charge in [-0.3, -0.25) is 9.78 Å². The third-order valence-electron chi connectivity index (χ3n) is 4.01. The van der Waals surface area contributed by atoms with Gasteiger partial charge < -0.3 is 9.64 Å². The molecule has 1 atom stereocenters. The van der Waals surface area contributed by atoms with E-state index in [1.807, 2.05) is 17.0 Å². The predicted octanol–water partition coefficient (Wildman–Crippen LogP) is 2.28. The van der Waals surface area contributed by atoms with E-state index in [2.05, 4.69) is 17.1 Å². The van der Waals surface area contributed by atoms with Gasteiger partial charge in [0.2, 0.25) is 5.91 Å². The summed E-state index contributed by atoms with van der Waals surface area (Å²) in [7, 11) is 0. The van der Waals surface area contributed by atoms with Gasteiger partial charge in [-0.15, -0.1) is 0 Å². The van der Waals surface area contributed by atoms with Gasteiger partial charge in [0.05, 0.1) is 12.8 Å². The largest absolute Gasteiger partial charge is 0.492 e. The molecule has 0 aromatic carbocycles. The number of pyridine rings is 1. The standard InChI is InChI=1S/C16H20N2O2/c19-16(14-5-2-1-3-6-14)18-10-13(11-18)12-20-15-7-4-8-17-9-15/h1-2,4,7-9,13-14H,3,5-6,10-12H2. The number of rotatable bonds is 4. The quantitative estimate of drug-likeness (QED) is 0.790. The number of carbonyl (C=O) groups excluding carboxylic acids is 1. The van der Waals surface area contributed by atoms with Crippen LogP contribution in [0.2, 0.25) is 0 Å². The lowest BCUT2D eigenvalue weighted by Gasteiger charge is -2.41. The van der Waals surface area contributed by atoms with Crippen LogP contribution in [-0.2, 0) is 4.79 Å². The van der Waals surface area contributed by atoms with E-state index >= 15 is 0 Å². The van der Waals surface area contributed by atoms with E-state index in [0.29, 0.717) is 18.4 Å². The monoisotopic (exact) mass is 272 g/mol. The minimum atomic E-state index is 0.209. The van der Waals surface area contributed by atoms with Crippen LogP contribution in [0, 0.1) is 11.8 Å². The molecule has 4 nitrogen and oxygen atoms in total. The van der Waals surface area contributed by atoms with Crippen LogP contribution in [0.1, 0.15) is 19.3 Å². The van der Waals surface area contributed by atoms with Crippen molar-refractivity contribution in [2.45, 2.75) is 19.3 Å². The van der Waals surface area contributed by atoms with Crippen molar-refractivity contribution in [3.63, 3.8) is 0 Å². The fraction of sp³-hybridized carbons (Fsp3) is 0.500. The maximum absolute atomic E-state index is 12.2. The van der Waals surface area contributed by atoms with Crippen molar-refractivity contribution < 1.29 is 9.53 Å². The van der Waals surface area contributed by atoms with Crippen LogP contribution in [-0.4, -0.2) is 35.5 Å². The van der Waals surface area contributed by atoms with E-state index in [9.17, 15) is 4.79 Å². The van der Waals surface area contributed by atoms with Crippen LogP contribution >= 0.6 is 0 Å². The van der Waals surface area contributed by atoms with E-state index in [-0.39, 0.29) is 5.92 Å². The van der Waals surface area contributed by atoms with Gasteiger partial charge in [0.1, 0.15) is 5.75 Å². The lowest BCUT2D eigenvalue weighted by Crippen LogP contribution is -2.53. The van der Waals surface area contributed by atoms with E-state index in [1.165, 1.54) is 0 Å². The molecule has 1 aliphatic carbocycles. The lowest BCUT2D eigenvalue weighted by atomic mass is 9.90. The van der Waals surface area contributed by atoms with E-state index < -0.39 is 0 Å². The third kappa shape index (κ3) is 3.00. The Kier molecular flexibility index (Phi) is 4.00. The van der Waals surface area contributed by atoms with E-state index in [4.69, 9.17) is 4.74 Å². The number of hydrogen-bond donors (Lipinski definition) is 0. The van der Waals surface area contributed by atoms with Crippen LogP contribution in [0.3, 0.4) is 0 Å². The summed E-state index contributed by atoms with van der Waals surface area (Å²) in [6.07, 6.45) is 10.7. The molecule has 1 unspecified atom stereocenters. The number of carbonyl (C=O) groups is 1. The molecule has 1 amide bonds. The second-order valence-electron chi connectivity index (χ2n) is 5.59. The molecule has 2 aliphatic rings. The van der Waals surface area contributed by atoms with Crippen LogP contribution in [0.4, 0.5) is 0 Å². The highest BCUT2D eigenvalue weighted by Gasteiger charge is 2.34. The second-order valence-corrected chi connectivity index (χ2v) is 5.59. The number of hydrogen-bond acceptors (Lipinski definition) is 3. The fourth-order valence-corrected chi connectivity index (χ4v) is 2.78. The highest BCUT2D eigenvalue weighted by molar-refractivity contribution is 5.80. The number of allylic oxidation sites excluding steroid dienone is 2. The zero-order chi connectivity index (χ0) is 13.8. The zero-order valence-electron chi connectivity index (χ0n) is 11.6. The number of amides is 1. The average molecular weight is 272 g/mol. The Morgan fingerprint density at radius 2 is 2.30 bits per heavy atom. The summed E-state index contributed by atoms with van der Waals surface area (Å²) in [6, 6.07) is 3.77. The summed E-state index contributed by atoms with van der Waals surface area (Å²) in [4.78, 5) is 18.2. The van der Waals surface area contributed by atoms with Crippen molar-refractivity contribution in [1.82, 2.24) is 9.88 Å². The second kappa shape index (κ2) is 6.07. The Balaban J connectivity index is 1.40. The number of aromatic nitrogens is 1. The first-order valence-corrected chi connectivity index (χ1v) is 7.29. The first-order valence-electron chi connectivity index (χ1n) is 7.29. The topological polar surface area (TPSA) is 42.4 Å². The molecule has 0 radical (unpaired) electrons. The lowest BCUT2D eigenvalue weighted by molar-refractivity contribution is -0.143. The summed E-state index contributed by atoms with van der Waals surface area (Å²) in [5.74, 6) is 1.79. The molecule has 0 N–H and O–H groups in total. The summed E-state index contributed by atoms with van der Waals surface area (Å²) in [5, 5.41) is 0. The molecule has 1 aromatic rings. The maximum atomic E-state index is 12.2. The summed E-state index contributed by atoms with van der Waals surface area (Å²) in [6.45, 7) is 2.33. The Labute approximate surface area is 119 Å². The average Bonchev–Trinajstić information content (AvgIpc) is 2.47. The highest BCUT2D eigenvalue weighted by atomic mass is 16.5. The molecule has 1 saturated heterocycles. The highest BCUT2D eigenvalue weighted by Crippen LogP contribution is 2.25. The molecule has 1 aliphatic heterocycles. The van der Waals surface area contributed by atoms with Gasteiger partial charge in [-0.05, 0) is 31.4 Å². The van der Waals surface area contributed by atoms with Crippen LogP contribution in [0.25, 0.3) is 0 Å². The molecule has 20 heavy (non-hydrogen) atoms. The molecule has 0 saturated carbocycles. The molecule has 106 valence electrons. The Morgan fingerprint density at radius 3 is 3.00 bits per heavy atom. The van der Waals surface area contributed by atoms with Gasteiger partial charge in [0, 0.05) is 31.1 Å². The zero-order valence-corrected chi connectivity index (χ0v) is 11.6. The molecule has 0 spiro atoms. The van der Waals surface area contributed by atoms with Crippen LogP contribution in [0.15, 0.2) is 36.7 Å². The first-order chi connectivity index (χ1) is 9.83. The molecular weight excluding hydrogens is 252 g/mol. The third-order valence-corrected chi connectivity index (χ3v) is 4.01. The van der Waals surface area contributed by atoms with Crippen molar-refractivity contribution in [3.05, 3.63) is 36.7 Å². The van der Waals surface area contributed by atoms with Crippen molar-refractivity contribution in [1.29, 1.82) is 0 Å². The maximum Gasteiger partial charge on any atom is 0.226 e. The van der Waals surface area contributed by atoms with E-state index in [0.717, 1.165) is 38.1 Å². The Morgan fingerprint density at radius 1 is 1.40 bits per heavy atom. The van der Waals surface area contributed by atoms with Crippen LogP contribution in [0.5, 0.6) is 5.75 Å². The van der Waals surface area contributed by atoms with Gasteiger partial charge >= 0.3 is 0 Å². The minimum absolute atomic E-state index is 0.209. The molecule has 2 heterocycles. The van der Waals surface area contributed by atoms with Gasteiger partial charge in [-0.25, -0.2) is 0 Å². The van der Waals surface area contributed by atoms with Gasteiger partial charge in [0.15, 0.2) is 0 Å². The van der Waals surface area contributed by atoms with Gasteiger partial charge in [-0.2, -0.15) is 0 Å². The smallest absolute Gasteiger partial charge is 0.226 e. The van der Waals surface area contributed by atoms with E-state index in [1.54, 1.807) is 12.4 Å². The first kappa shape index (κ1) is 13.2. The van der Waals surface area contributed by atoms with Crippen molar-refractivity contribution in [2.75, 3.05) is 19.7 Å². The van der Waals surface area contributed by atoms with Crippen molar-refractivity contribution in [2.24, 2.45) is 11.8 Å². The Hall–Kier alpha value is -1.84. The Bertz CT molecular complexity index is 481. The van der Waals surface area contributed by atoms with Gasteiger partial charge in [-0.1, -0.05) is 12.2 Å². The minimum Gasteiger partial charge on any atom is -0.492 e. The molecule has 1 fully saturated rings. The van der Waals surface area contributed by atoms with Crippen molar-refractivity contribution >= 4 is 5.91 Å². The van der Waals surface area contributed by atoms with Crippen molar-refractivity contribution in [3.8, 4) is 5.75 Å².